The van der Waals surface area contributed by atoms with Crippen LogP contribution in [0.1, 0.15) is 13.8 Å². The lowest BCUT2D eigenvalue weighted by Gasteiger charge is -1.99. The van der Waals surface area contributed by atoms with E-state index in [1.807, 2.05) is 13.8 Å². The number of amides is 1. The molecule has 0 bridgehead atoms. The topological polar surface area (TPSA) is 59.8 Å². The highest BCUT2D eigenvalue weighted by Crippen LogP contribution is 2.26. The van der Waals surface area contributed by atoms with Gasteiger partial charge in [-0.15, -0.1) is 0 Å². The maximum absolute atomic E-state index is 13.0. The second kappa shape index (κ2) is 6.25. The van der Waals surface area contributed by atoms with Gasteiger partial charge in [0.25, 0.3) is 0 Å². The van der Waals surface area contributed by atoms with Crippen molar-refractivity contribution in [3.63, 3.8) is 0 Å². The van der Waals surface area contributed by atoms with Gasteiger partial charge < -0.3 is 0 Å². The van der Waals surface area contributed by atoms with E-state index in [0.717, 1.165) is 0 Å². The summed E-state index contributed by atoms with van der Waals surface area (Å²) in [5.74, 6) is -0.321. The normalized spacial score (nSPS) is 9.95. The summed E-state index contributed by atoms with van der Waals surface area (Å²) >= 11 is 1.22. The maximum atomic E-state index is 13.0. The Morgan fingerprint density at radius 3 is 2.90 bits per heavy atom. The highest BCUT2D eigenvalue weighted by molar-refractivity contribution is 7.22. The van der Waals surface area contributed by atoms with Gasteiger partial charge in [-0.25, -0.2) is 19.2 Å². The molecule has 104 valence electrons. The summed E-state index contributed by atoms with van der Waals surface area (Å²) in [6, 6.07) is 3.95. The zero-order valence-electron chi connectivity index (χ0n) is 11.0. The van der Waals surface area contributed by atoms with Crippen molar-refractivity contribution in [3.8, 4) is 0 Å². The molecule has 2 aromatic heterocycles. The van der Waals surface area contributed by atoms with Gasteiger partial charge in [-0.2, -0.15) is 0 Å². The molecule has 2 heterocycles. The summed E-state index contributed by atoms with van der Waals surface area (Å²) in [4.78, 5) is 19.7. The molecule has 0 saturated carbocycles. The van der Waals surface area contributed by atoms with Crippen molar-refractivity contribution >= 4 is 32.7 Å². The number of rotatable bonds is 1. The monoisotopic (exact) mass is 292 g/mol. The second-order valence-electron chi connectivity index (χ2n) is 3.53. The fourth-order valence-corrected chi connectivity index (χ4v) is 2.37. The Hall–Kier alpha value is -2.28. The first-order chi connectivity index (χ1) is 9.72. The SMILES string of the molecule is CC.O=C(Nc1nc2ccc(F)cc2s1)n1ccnc1. The number of aromatic nitrogens is 3. The Bertz CT molecular complexity index is 708. The van der Waals surface area contributed by atoms with E-state index in [4.69, 9.17) is 0 Å². The Kier molecular flexibility index (Phi) is 4.41. The molecule has 3 rings (SSSR count). The lowest BCUT2D eigenvalue weighted by atomic mass is 10.3. The van der Waals surface area contributed by atoms with Gasteiger partial charge in [-0.1, -0.05) is 25.2 Å². The molecule has 7 heteroatoms. The minimum absolute atomic E-state index is 0.321. The van der Waals surface area contributed by atoms with Crippen LogP contribution in [0, 0.1) is 5.82 Å². The average Bonchev–Trinajstić information content (AvgIpc) is 3.09. The zero-order chi connectivity index (χ0) is 14.5. The largest absolute Gasteiger partial charge is 0.333 e. The number of anilines is 1. The molecule has 0 unspecified atom stereocenters. The standard InChI is InChI=1S/C11H7FN4OS.C2H6/c12-7-1-2-8-9(5-7)18-10(14-8)15-11(17)16-4-3-13-6-16;1-2/h1-6H,(H,14,15,17);1-2H3. The fourth-order valence-electron chi connectivity index (χ4n) is 1.49. The zero-order valence-corrected chi connectivity index (χ0v) is 11.8. The molecule has 1 aromatic carbocycles. The third-order valence-corrected chi connectivity index (χ3v) is 3.24. The number of benzene rings is 1. The molecule has 0 aliphatic carbocycles. The molecule has 0 saturated heterocycles. The number of halogens is 1. The van der Waals surface area contributed by atoms with E-state index < -0.39 is 0 Å². The summed E-state index contributed by atoms with van der Waals surface area (Å²) in [6.07, 6.45) is 4.43. The highest BCUT2D eigenvalue weighted by Gasteiger charge is 2.09. The van der Waals surface area contributed by atoms with Gasteiger partial charge >= 0.3 is 6.03 Å². The Morgan fingerprint density at radius 2 is 2.20 bits per heavy atom. The van der Waals surface area contributed by atoms with Crippen molar-refractivity contribution in [2.24, 2.45) is 0 Å². The van der Waals surface area contributed by atoms with Crippen LogP contribution in [-0.4, -0.2) is 20.6 Å². The van der Waals surface area contributed by atoms with Crippen LogP contribution in [0.4, 0.5) is 14.3 Å². The van der Waals surface area contributed by atoms with E-state index in [0.29, 0.717) is 15.3 Å². The predicted molar refractivity (Wildman–Crippen MR) is 77.6 cm³/mol. The Balaban J connectivity index is 0.000000704. The molecule has 0 fully saturated rings. The van der Waals surface area contributed by atoms with Gasteiger partial charge in [0.2, 0.25) is 0 Å². The maximum Gasteiger partial charge on any atom is 0.333 e. The molecule has 1 amide bonds. The van der Waals surface area contributed by atoms with Crippen LogP contribution < -0.4 is 5.32 Å². The molecular weight excluding hydrogens is 279 g/mol. The molecule has 20 heavy (non-hydrogen) atoms. The molecule has 0 aliphatic rings. The van der Waals surface area contributed by atoms with Crippen molar-refractivity contribution in [3.05, 3.63) is 42.7 Å². The van der Waals surface area contributed by atoms with E-state index in [1.54, 1.807) is 6.07 Å². The van der Waals surface area contributed by atoms with Crippen molar-refractivity contribution in [2.45, 2.75) is 13.8 Å². The summed E-state index contributed by atoms with van der Waals surface area (Å²) in [5.41, 5.74) is 0.655. The number of carbonyl (C=O) groups excluding carboxylic acids is 1. The van der Waals surface area contributed by atoms with E-state index in [9.17, 15) is 9.18 Å². The number of nitrogens with one attached hydrogen (secondary N) is 1. The molecule has 0 aliphatic heterocycles. The van der Waals surface area contributed by atoms with E-state index >= 15 is 0 Å². The van der Waals surface area contributed by atoms with Crippen LogP contribution in [0.3, 0.4) is 0 Å². The quantitative estimate of drug-likeness (QED) is 0.743. The van der Waals surface area contributed by atoms with Crippen LogP contribution in [0.2, 0.25) is 0 Å². The highest BCUT2D eigenvalue weighted by atomic mass is 32.1. The summed E-state index contributed by atoms with van der Waals surface area (Å²) in [6.45, 7) is 4.00. The fraction of sp³-hybridized carbons (Fsp3) is 0.154. The number of nitrogens with zero attached hydrogens (tertiary/aromatic N) is 3. The second-order valence-corrected chi connectivity index (χ2v) is 4.56. The van der Waals surface area contributed by atoms with Gasteiger partial charge in [0.1, 0.15) is 12.1 Å². The van der Waals surface area contributed by atoms with Crippen molar-refractivity contribution in [1.82, 2.24) is 14.5 Å². The van der Waals surface area contributed by atoms with Crippen LogP contribution in [0.15, 0.2) is 36.9 Å². The van der Waals surface area contributed by atoms with E-state index in [1.165, 1.54) is 46.8 Å². The predicted octanol–water partition coefficient (Wildman–Crippen LogP) is 3.74. The van der Waals surface area contributed by atoms with Gasteiger partial charge in [0.15, 0.2) is 5.13 Å². The number of thiazole rings is 1. The molecule has 1 N–H and O–H groups in total. The summed E-state index contributed by atoms with van der Waals surface area (Å²) in [7, 11) is 0. The van der Waals surface area contributed by atoms with Gasteiger partial charge in [0, 0.05) is 12.4 Å². The molecule has 0 radical (unpaired) electrons. The minimum Gasteiger partial charge on any atom is -0.283 e. The van der Waals surface area contributed by atoms with Gasteiger partial charge in [0.05, 0.1) is 10.2 Å². The van der Waals surface area contributed by atoms with Crippen molar-refractivity contribution in [2.75, 3.05) is 5.32 Å². The van der Waals surface area contributed by atoms with Crippen LogP contribution >= 0.6 is 11.3 Å². The first kappa shape index (κ1) is 14.1. The minimum atomic E-state index is -0.355. The lowest BCUT2D eigenvalue weighted by Crippen LogP contribution is -2.17. The van der Waals surface area contributed by atoms with Gasteiger partial charge in [-0.3, -0.25) is 9.88 Å². The van der Waals surface area contributed by atoms with Crippen LogP contribution in [-0.2, 0) is 0 Å². The van der Waals surface area contributed by atoms with Gasteiger partial charge in [-0.05, 0) is 18.2 Å². The molecular formula is C13H13FN4OS. The Labute approximate surface area is 119 Å². The number of fused-ring (bicyclic) bond motifs is 1. The summed E-state index contributed by atoms with van der Waals surface area (Å²) < 4.78 is 15.0. The number of hydrogen-bond donors (Lipinski definition) is 1. The number of hydrogen-bond acceptors (Lipinski definition) is 4. The summed E-state index contributed by atoms with van der Waals surface area (Å²) in [5, 5.41) is 3.05. The molecule has 0 atom stereocenters. The van der Waals surface area contributed by atoms with Crippen LogP contribution in [0.5, 0.6) is 0 Å². The molecule has 5 nitrogen and oxygen atoms in total. The number of carbonyl (C=O) groups is 1. The first-order valence-corrected chi connectivity index (χ1v) is 6.89. The first-order valence-electron chi connectivity index (χ1n) is 6.08. The smallest absolute Gasteiger partial charge is 0.283 e. The lowest BCUT2D eigenvalue weighted by molar-refractivity contribution is 0.253. The van der Waals surface area contributed by atoms with Crippen molar-refractivity contribution < 1.29 is 9.18 Å². The molecule has 3 aromatic rings. The van der Waals surface area contributed by atoms with Crippen LogP contribution in [0.25, 0.3) is 10.2 Å². The van der Waals surface area contributed by atoms with E-state index in [-0.39, 0.29) is 11.8 Å². The van der Waals surface area contributed by atoms with Crippen molar-refractivity contribution in [1.29, 1.82) is 0 Å². The Morgan fingerprint density at radius 1 is 1.40 bits per heavy atom. The third kappa shape index (κ3) is 3.00. The number of imidazole rings is 1. The van der Waals surface area contributed by atoms with E-state index in [2.05, 4.69) is 15.3 Å². The molecule has 0 spiro atoms. The average molecular weight is 292 g/mol. The third-order valence-electron chi connectivity index (χ3n) is 2.30.